The quantitative estimate of drug-likeness (QED) is 0.668. The summed E-state index contributed by atoms with van der Waals surface area (Å²) < 4.78 is 39.0. The van der Waals surface area contributed by atoms with E-state index < -0.39 is 36.2 Å². The molecule has 3 N–H and O–H groups in total. The molecule has 0 radical (unpaired) electrons. The summed E-state index contributed by atoms with van der Waals surface area (Å²) in [6.07, 6.45) is -3.30. The van der Waals surface area contributed by atoms with Gasteiger partial charge in [-0.2, -0.15) is 13.2 Å². The third-order valence-corrected chi connectivity index (χ3v) is 4.10. The minimum atomic E-state index is -4.49. The Balaban J connectivity index is 1.96. The Morgan fingerprint density at radius 1 is 1.16 bits per heavy atom. The number of nitrogens with one attached hydrogen (secondary N) is 2. The van der Waals surface area contributed by atoms with Crippen molar-refractivity contribution in [3.63, 3.8) is 0 Å². The Labute approximate surface area is 143 Å². The molecule has 2 unspecified atom stereocenters. The van der Waals surface area contributed by atoms with E-state index in [-0.39, 0.29) is 12.8 Å². The summed E-state index contributed by atoms with van der Waals surface area (Å²) in [7, 11) is 0. The number of alkyl halides is 3. The maximum atomic E-state index is 13.0. The number of amides is 2. The molecule has 0 saturated heterocycles. The highest BCUT2D eigenvalue weighted by molar-refractivity contribution is 5.75. The van der Waals surface area contributed by atoms with Gasteiger partial charge in [0.2, 0.25) is 0 Å². The topological polar surface area (TPSA) is 78.4 Å². The molecule has 1 aromatic carbocycles. The van der Waals surface area contributed by atoms with Gasteiger partial charge >= 0.3 is 18.2 Å². The third kappa shape index (κ3) is 6.64. The first-order valence-electron chi connectivity index (χ1n) is 8.15. The van der Waals surface area contributed by atoms with Crippen LogP contribution < -0.4 is 10.6 Å². The first-order chi connectivity index (χ1) is 11.8. The molecule has 138 valence electrons. The molecule has 0 bridgehead atoms. The zero-order chi connectivity index (χ0) is 18.4. The number of urea groups is 1. The van der Waals surface area contributed by atoms with Crippen molar-refractivity contribution in [2.24, 2.45) is 5.92 Å². The van der Waals surface area contributed by atoms with Gasteiger partial charge in [-0.15, -0.1) is 0 Å². The van der Waals surface area contributed by atoms with Crippen LogP contribution in [0.15, 0.2) is 30.3 Å². The lowest BCUT2D eigenvalue weighted by Crippen LogP contribution is -2.53. The van der Waals surface area contributed by atoms with Gasteiger partial charge in [0.15, 0.2) is 0 Å². The van der Waals surface area contributed by atoms with Gasteiger partial charge in [-0.3, -0.25) is 4.79 Å². The zero-order valence-corrected chi connectivity index (χ0v) is 13.6. The van der Waals surface area contributed by atoms with Crippen LogP contribution in [-0.4, -0.2) is 35.4 Å². The first-order valence-corrected chi connectivity index (χ1v) is 8.15. The molecule has 1 aliphatic rings. The van der Waals surface area contributed by atoms with Crippen molar-refractivity contribution in [3.05, 3.63) is 35.9 Å². The molecule has 1 saturated carbocycles. The molecule has 2 rings (SSSR count). The summed E-state index contributed by atoms with van der Waals surface area (Å²) in [6, 6.07) is 5.72. The number of benzene rings is 1. The molecular weight excluding hydrogens is 337 g/mol. The van der Waals surface area contributed by atoms with Gasteiger partial charge in [0, 0.05) is 12.5 Å². The number of hydrogen-bond donors (Lipinski definition) is 3. The molecule has 5 nitrogen and oxygen atoms in total. The number of hydrogen-bond acceptors (Lipinski definition) is 2. The maximum Gasteiger partial charge on any atom is 0.408 e. The molecule has 0 aliphatic heterocycles. The van der Waals surface area contributed by atoms with Crippen molar-refractivity contribution in [2.75, 3.05) is 0 Å². The molecule has 2 atom stereocenters. The van der Waals surface area contributed by atoms with E-state index in [4.69, 9.17) is 5.11 Å². The Morgan fingerprint density at radius 2 is 1.80 bits per heavy atom. The van der Waals surface area contributed by atoms with Gasteiger partial charge in [-0.05, 0) is 37.2 Å². The van der Waals surface area contributed by atoms with E-state index in [0.29, 0.717) is 19.3 Å². The van der Waals surface area contributed by atoms with E-state index in [1.807, 2.05) is 23.5 Å². The van der Waals surface area contributed by atoms with Crippen molar-refractivity contribution in [2.45, 2.75) is 50.4 Å². The summed E-state index contributed by atoms with van der Waals surface area (Å²) in [6.45, 7) is 0. The van der Waals surface area contributed by atoms with Crippen LogP contribution in [0, 0.1) is 5.92 Å². The molecule has 0 aromatic heterocycles. The third-order valence-electron chi connectivity index (χ3n) is 4.10. The fraction of sp³-hybridized carbons (Fsp3) is 0.529. The van der Waals surface area contributed by atoms with Crippen molar-refractivity contribution in [3.8, 4) is 0 Å². The Kier molecular flexibility index (Phi) is 6.27. The van der Waals surface area contributed by atoms with E-state index in [1.165, 1.54) is 0 Å². The van der Waals surface area contributed by atoms with Crippen LogP contribution in [0.5, 0.6) is 0 Å². The second-order valence-corrected chi connectivity index (χ2v) is 6.29. The molecule has 8 heteroatoms. The number of carbonyl (C=O) groups excluding carboxylic acids is 1. The van der Waals surface area contributed by atoms with Gasteiger partial charge in [0.05, 0.1) is 0 Å². The summed E-state index contributed by atoms with van der Waals surface area (Å²) in [5, 5.41) is 13.3. The second-order valence-electron chi connectivity index (χ2n) is 6.29. The lowest BCUT2D eigenvalue weighted by atomic mass is 10.0. The first kappa shape index (κ1) is 19.1. The van der Waals surface area contributed by atoms with Gasteiger partial charge in [0.1, 0.15) is 6.04 Å². The van der Waals surface area contributed by atoms with Crippen molar-refractivity contribution in [1.82, 2.24) is 10.6 Å². The van der Waals surface area contributed by atoms with E-state index in [1.54, 1.807) is 12.1 Å². The largest absolute Gasteiger partial charge is 0.481 e. The van der Waals surface area contributed by atoms with Crippen molar-refractivity contribution < 1.29 is 27.9 Å². The highest BCUT2D eigenvalue weighted by Gasteiger charge is 2.49. The number of aliphatic carboxylic acids is 1. The molecule has 1 aliphatic carbocycles. The van der Waals surface area contributed by atoms with Crippen LogP contribution in [0.3, 0.4) is 0 Å². The highest BCUT2D eigenvalue weighted by atomic mass is 19.4. The number of carboxylic acids is 1. The molecule has 1 aromatic rings. The smallest absolute Gasteiger partial charge is 0.408 e. The summed E-state index contributed by atoms with van der Waals surface area (Å²) in [5.41, 5.74) is 0.868. The van der Waals surface area contributed by atoms with E-state index >= 15 is 0 Å². The van der Waals surface area contributed by atoms with Crippen molar-refractivity contribution in [1.29, 1.82) is 0 Å². The average Bonchev–Trinajstić information content (AvgIpc) is 3.35. The lowest BCUT2D eigenvalue weighted by molar-refractivity contribution is -0.157. The Bertz CT molecular complexity index is 589. The van der Waals surface area contributed by atoms with Crippen molar-refractivity contribution >= 4 is 12.0 Å². The average molecular weight is 358 g/mol. The number of rotatable bonds is 8. The van der Waals surface area contributed by atoms with E-state index in [9.17, 15) is 22.8 Å². The van der Waals surface area contributed by atoms with Crippen LogP contribution in [0.1, 0.15) is 31.2 Å². The SMILES string of the molecule is O=C(O)CCC(Cc1ccccc1)NC(=O)NC(C1CC1)C(F)(F)F. The zero-order valence-electron chi connectivity index (χ0n) is 13.6. The lowest BCUT2D eigenvalue weighted by Gasteiger charge is -2.24. The Morgan fingerprint density at radius 3 is 2.32 bits per heavy atom. The predicted molar refractivity (Wildman–Crippen MR) is 85.0 cm³/mol. The van der Waals surface area contributed by atoms with Gasteiger partial charge in [-0.25, -0.2) is 4.79 Å². The summed E-state index contributed by atoms with van der Waals surface area (Å²) in [4.78, 5) is 22.8. The molecule has 1 fully saturated rings. The van der Waals surface area contributed by atoms with Crippen LogP contribution in [-0.2, 0) is 11.2 Å². The summed E-state index contributed by atoms with van der Waals surface area (Å²) in [5.74, 6) is -1.59. The molecule has 0 spiro atoms. The molecule has 0 heterocycles. The number of carbonyl (C=O) groups is 2. The van der Waals surface area contributed by atoms with Gasteiger partial charge in [0.25, 0.3) is 0 Å². The van der Waals surface area contributed by atoms with Gasteiger partial charge in [-0.1, -0.05) is 30.3 Å². The standard InChI is InChI=1S/C17H21F3N2O3/c18-17(19,20)15(12-6-7-12)22-16(25)21-13(8-9-14(23)24)10-11-4-2-1-3-5-11/h1-5,12-13,15H,6-10H2,(H,23,24)(H2,21,22,25). The van der Waals surface area contributed by atoms with Crippen LogP contribution in [0.25, 0.3) is 0 Å². The second kappa shape index (κ2) is 8.22. The molecule has 2 amide bonds. The van der Waals surface area contributed by atoms with Crippen LogP contribution >= 0.6 is 0 Å². The minimum Gasteiger partial charge on any atom is -0.481 e. The number of carboxylic acid groups (broad SMARTS) is 1. The molecule has 25 heavy (non-hydrogen) atoms. The van der Waals surface area contributed by atoms with E-state index in [0.717, 1.165) is 5.56 Å². The minimum absolute atomic E-state index is 0.137. The van der Waals surface area contributed by atoms with E-state index in [2.05, 4.69) is 5.32 Å². The normalized spacial score (nSPS) is 16.8. The predicted octanol–water partition coefficient (Wildman–Crippen LogP) is 3.10. The number of halogens is 3. The molecular formula is C17H21F3N2O3. The summed E-state index contributed by atoms with van der Waals surface area (Å²) >= 11 is 0. The fourth-order valence-electron chi connectivity index (χ4n) is 2.69. The van der Waals surface area contributed by atoms with Crippen LogP contribution in [0.2, 0.25) is 0 Å². The van der Waals surface area contributed by atoms with Crippen LogP contribution in [0.4, 0.5) is 18.0 Å². The van der Waals surface area contributed by atoms with Gasteiger partial charge < -0.3 is 15.7 Å². The highest BCUT2D eigenvalue weighted by Crippen LogP contribution is 2.40. The maximum absolute atomic E-state index is 13.0. The Hall–Kier alpha value is -2.25. The monoisotopic (exact) mass is 358 g/mol. The fourth-order valence-corrected chi connectivity index (χ4v) is 2.69.